The number of likely N-dealkylation sites (tertiary alicyclic amines) is 1. The van der Waals surface area contributed by atoms with Gasteiger partial charge in [-0.25, -0.2) is 4.79 Å². The van der Waals surface area contributed by atoms with E-state index in [2.05, 4.69) is 24.0 Å². The van der Waals surface area contributed by atoms with Gasteiger partial charge in [0.05, 0.1) is 6.61 Å². The number of ether oxygens (including phenoxy) is 3. The van der Waals surface area contributed by atoms with E-state index in [1.165, 1.54) is 10.5 Å². The molecule has 0 bridgehead atoms. The summed E-state index contributed by atoms with van der Waals surface area (Å²) in [5, 5.41) is 0. The first kappa shape index (κ1) is 20.9. The SMILES string of the molecule is COCCN1C(=O)N(C)C(=O)C12CCN(CC(C)Cc1ccc3c(c1)OCO3)CC2. The number of fused-ring (bicyclic) bond motifs is 1. The highest BCUT2D eigenvalue weighted by Gasteiger charge is 2.56. The Hall–Kier alpha value is -2.32. The minimum atomic E-state index is -0.707. The maximum absolute atomic E-state index is 12.9. The lowest BCUT2D eigenvalue weighted by atomic mass is 9.85. The van der Waals surface area contributed by atoms with Crippen LogP contribution in [0.15, 0.2) is 18.2 Å². The second-order valence-corrected chi connectivity index (χ2v) is 8.62. The van der Waals surface area contributed by atoms with Gasteiger partial charge in [-0.3, -0.25) is 9.69 Å². The Labute approximate surface area is 177 Å². The van der Waals surface area contributed by atoms with Crippen molar-refractivity contribution in [2.45, 2.75) is 31.7 Å². The fraction of sp³-hybridized carbons (Fsp3) is 0.636. The first-order valence-electron chi connectivity index (χ1n) is 10.6. The van der Waals surface area contributed by atoms with Crippen LogP contribution in [0.2, 0.25) is 0 Å². The minimum absolute atomic E-state index is 0.0725. The van der Waals surface area contributed by atoms with Crippen LogP contribution in [-0.2, 0) is 16.0 Å². The van der Waals surface area contributed by atoms with E-state index in [0.717, 1.165) is 37.6 Å². The fourth-order valence-electron chi connectivity index (χ4n) is 4.94. The van der Waals surface area contributed by atoms with Gasteiger partial charge in [0.15, 0.2) is 11.5 Å². The van der Waals surface area contributed by atoms with Gasteiger partial charge in [-0.05, 0) is 42.9 Å². The number of methoxy groups -OCH3 is 1. The summed E-state index contributed by atoms with van der Waals surface area (Å²) in [4.78, 5) is 30.9. The number of rotatable bonds is 7. The summed E-state index contributed by atoms with van der Waals surface area (Å²) < 4.78 is 16.0. The van der Waals surface area contributed by atoms with Crippen molar-refractivity contribution in [1.29, 1.82) is 0 Å². The summed E-state index contributed by atoms with van der Waals surface area (Å²) in [6.07, 6.45) is 2.29. The van der Waals surface area contributed by atoms with Crippen molar-refractivity contribution in [3.05, 3.63) is 23.8 Å². The van der Waals surface area contributed by atoms with Crippen molar-refractivity contribution >= 4 is 11.9 Å². The molecule has 8 heteroatoms. The number of hydrogen-bond donors (Lipinski definition) is 0. The molecule has 3 heterocycles. The van der Waals surface area contributed by atoms with Gasteiger partial charge in [0.25, 0.3) is 5.91 Å². The summed E-state index contributed by atoms with van der Waals surface area (Å²) in [7, 11) is 3.20. The Morgan fingerprint density at radius 3 is 2.63 bits per heavy atom. The standard InChI is InChI=1S/C22H31N3O5/c1-16(12-17-4-5-18-19(13-17)30-15-29-18)14-24-8-6-22(7-9-24)20(26)23(2)21(27)25(22)10-11-28-3/h4-5,13,16H,6-12,14-15H2,1-3H3. The quantitative estimate of drug-likeness (QED) is 0.632. The Morgan fingerprint density at radius 1 is 1.17 bits per heavy atom. The zero-order valence-electron chi connectivity index (χ0n) is 18.1. The van der Waals surface area contributed by atoms with Gasteiger partial charge in [0, 0.05) is 40.3 Å². The van der Waals surface area contributed by atoms with Crippen LogP contribution in [0.5, 0.6) is 11.5 Å². The normalized spacial score (nSPS) is 21.7. The fourth-order valence-corrected chi connectivity index (χ4v) is 4.94. The van der Waals surface area contributed by atoms with E-state index in [9.17, 15) is 9.59 Å². The number of amides is 3. The molecule has 3 amide bonds. The predicted octanol–water partition coefficient (Wildman–Crippen LogP) is 1.97. The van der Waals surface area contributed by atoms with E-state index in [4.69, 9.17) is 14.2 Å². The second kappa shape index (κ2) is 8.43. The van der Waals surface area contributed by atoms with Crippen LogP contribution >= 0.6 is 0 Å². The van der Waals surface area contributed by atoms with Crippen molar-refractivity contribution in [2.75, 3.05) is 53.7 Å². The van der Waals surface area contributed by atoms with E-state index in [-0.39, 0.29) is 11.9 Å². The molecule has 3 aliphatic heterocycles. The molecule has 0 aliphatic carbocycles. The number of likely N-dealkylation sites (N-methyl/N-ethyl adjacent to an activating group) is 1. The van der Waals surface area contributed by atoms with Crippen LogP contribution < -0.4 is 9.47 Å². The molecule has 3 aliphatic rings. The first-order valence-corrected chi connectivity index (χ1v) is 10.6. The number of hydrogen-bond acceptors (Lipinski definition) is 6. The minimum Gasteiger partial charge on any atom is -0.454 e. The Balaban J connectivity index is 1.34. The topological polar surface area (TPSA) is 71.6 Å². The van der Waals surface area contributed by atoms with Gasteiger partial charge in [0.2, 0.25) is 6.79 Å². The molecule has 2 fully saturated rings. The van der Waals surface area contributed by atoms with Crippen molar-refractivity contribution in [2.24, 2.45) is 5.92 Å². The molecule has 1 unspecified atom stereocenters. The van der Waals surface area contributed by atoms with Crippen LogP contribution in [0.4, 0.5) is 4.79 Å². The van der Waals surface area contributed by atoms with Gasteiger partial charge in [0.1, 0.15) is 5.54 Å². The number of urea groups is 1. The molecular formula is C22H31N3O5. The molecule has 8 nitrogen and oxygen atoms in total. The van der Waals surface area contributed by atoms with E-state index in [1.54, 1.807) is 19.1 Å². The Bertz CT molecular complexity index is 806. The second-order valence-electron chi connectivity index (χ2n) is 8.62. The van der Waals surface area contributed by atoms with Crippen LogP contribution in [0, 0.1) is 5.92 Å². The third kappa shape index (κ3) is 3.74. The molecule has 1 atom stereocenters. The van der Waals surface area contributed by atoms with Crippen LogP contribution in [0.1, 0.15) is 25.3 Å². The van der Waals surface area contributed by atoms with Crippen LogP contribution in [0.3, 0.4) is 0 Å². The van der Waals surface area contributed by atoms with Crippen LogP contribution in [0.25, 0.3) is 0 Å². The van der Waals surface area contributed by atoms with Crippen molar-refractivity contribution in [3.8, 4) is 11.5 Å². The summed E-state index contributed by atoms with van der Waals surface area (Å²) in [6, 6.07) is 5.93. The molecule has 0 radical (unpaired) electrons. The average Bonchev–Trinajstić information content (AvgIpc) is 3.27. The molecule has 0 N–H and O–H groups in total. The number of carbonyl (C=O) groups excluding carboxylic acids is 2. The number of carbonyl (C=O) groups is 2. The molecular weight excluding hydrogens is 386 g/mol. The van der Waals surface area contributed by atoms with Crippen molar-refractivity contribution in [3.63, 3.8) is 0 Å². The summed E-state index contributed by atoms with van der Waals surface area (Å²) >= 11 is 0. The Morgan fingerprint density at radius 2 is 1.90 bits per heavy atom. The van der Waals surface area contributed by atoms with Crippen molar-refractivity contribution < 1.29 is 23.8 Å². The largest absolute Gasteiger partial charge is 0.454 e. The van der Waals surface area contributed by atoms with E-state index in [1.807, 2.05) is 6.07 Å². The monoisotopic (exact) mass is 417 g/mol. The lowest BCUT2D eigenvalue weighted by Crippen LogP contribution is -2.57. The summed E-state index contributed by atoms with van der Waals surface area (Å²) in [6.45, 7) is 6.00. The number of nitrogens with zero attached hydrogens (tertiary/aromatic N) is 3. The zero-order chi connectivity index (χ0) is 21.3. The predicted molar refractivity (Wildman–Crippen MR) is 111 cm³/mol. The molecule has 164 valence electrons. The zero-order valence-corrected chi connectivity index (χ0v) is 18.1. The van der Waals surface area contributed by atoms with Crippen LogP contribution in [-0.4, -0.2) is 85.9 Å². The number of piperidine rings is 1. The Kier molecular flexibility index (Phi) is 5.88. The molecule has 0 saturated carbocycles. The van der Waals surface area contributed by atoms with Crippen molar-refractivity contribution in [1.82, 2.24) is 14.7 Å². The molecule has 4 rings (SSSR count). The number of benzene rings is 1. The molecule has 1 aromatic carbocycles. The van der Waals surface area contributed by atoms with E-state index < -0.39 is 5.54 Å². The third-order valence-corrected chi connectivity index (χ3v) is 6.53. The maximum atomic E-state index is 12.9. The van der Waals surface area contributed by atoms with Gasteiger partial charge in [-0.2, -0.15) is 0 Å². The van der Waals surface area contributed by atoms with E-state index >= 15 is 0 Å². The summed E-state index contributed by atoms with van der Waals surface area (Å²) in [5.74, 6) is 2.03. The first-order chi connectivity index (χ1) is 14.4. The number of imide groups is 1. The molecule has 30 heavy (non-hydrogen) atoms. The molecule has 0 aromatic heterocycles. The lowest BCUT2D eigenvalue weighted by Gasteiger charge is -2.42. The average molecular weight is 418 g/mol. The molecule has 1 aromatic rings. The maximum Gasteiger partial charge on any atom is 0.327 e. The third-order valence-electron chi connectivity index (χ3n) is 6.53. The lowest BCUT2D eigenvalue weighted by molar-refractivity contribution is -0.135. The summed E-state index contributed by atoms with van der Waals surface area (Å²) in [5.41, 5.74) is 0.533. The highest BCUT2D eigenvalue weighted by atomic mass is 16.7. The highest BCUT2D eigenvalue weighted by molar-refractivity contribution is 6.06. The smallest absolute Gasteiger partial charge is 0.327 e. The van der Waals surface area contributed by atoms with Gasteiger partial charge in [-0.15, -0.1) is 0 Å². The van der Waals surface area contributed by atoms with Gasteiger partial charge < -0.3 is 24.0 Å². The van der Waals surface area contributed by atoms with E-state index in [0.29, 0.717) is 38.7 Å². The van der Waals surface area contributed by atoms with Gasteiger partial charge >= 0.3 is 6.03 Å². The van der Waals surface area contributed by atoms with Gasteiger partial charge in [-0.1, -0.05) is 13.0 Å². The molecule has 2 saturated heterocycles. The molecule has 1 spiro atoms. The highest BCUT2D eigenvalue weighted by Crippen LogP contribution is 2.37.